The van der Waals surface area contributed by atoms with Crippen molar-refractivity contribution in [2.24, 2.45) is 0 Å². The van der Waals surface area contributed by atoms with Gasteiger partial charge in [-0.3, -0.25) is 0 Å². The molecule has 0 saturated heterocycles. The molecule has 21 heavy (non-hydrogen) atoms. The van der Waals surface area contributed by atoms with Gasteiger partial charge in [0.25, 0.3) is 4.84 Å². The molecule has 0 fully saturated rings. The number of rotatable bonds is 3. The minimum Gasteiger partial charge on any atom is -0.462 e. The number of ether oxygens (including phenoxy) is 2. The van der Waals surface area contributed by atoms with Crippen molar-refractivity contribution in [1.82, 2.24) is 4.98 Å². The average molecular weight is 317 g/mol. The van der Waals surface area contributed by atoms with Gasteiger partial charge in [0.2, 0.25) is 0 Å². The van der Waals surface area contributed by atoms with E-state index in [9.17, 15) is 18.0 Å². The highest BCUT2D eigenvalue weighted by Crippen LogP contribution is 2.33. The van der Waals surface area contributed by atoms with E-state index in [1.807, 2.05) is 0 Å². The topological polar surface area (TPSA) is 64.5 Å². The largest absolute Gasteiger partial charge is 0.573 e. The van der Waals surface area contributed by atoms with Gasteiger partial charge in [-0.05, 0) is 25.2 Å². The zero-order chi connectivity index (χ0) is 15.8. The fourth-order valence-corrected chi connectivity index (χ4v) is 1.88. The van der Waals surface area contributed by atoms with Gasteiger partial charge in [-0.2, -0.15) is 0 Å². The summed E-state index contributed by atoms with van der Waals surface area (Å²) in [5, 5.41) is 0. The molecular weight excluding hydrogens is 310 g/mol. The van der Waals surface area contributed by atoms with Crippen LogP contribution in [0.25, 0.3) is 11.1 Å². The molecule has 1 aromatic carbocycles. The minimum absolute atomic E-state index is 0.0242. The van der Waals surface area contributed by atoms with Gasteiger partial charge in [0.1, 0.15) is 18.9 Å². The fraction of sp³-hybridized carbons (Fsp3) is 0.273. The van der Waals surface area contributed by atoms with Crippen molar-refractivity contribution >= 4 is 42.6 Å². The van der Waals surface area contributed by atoms with Gasteiger partial charge < -0.3 is 18.9 Å². The molecule has 1 heterocycles. The van der Waals surface area contributed by atoms with E-state index in [1.165, 1.54) is 6.92 Å². The second-order valence-corrected chi connectivity index (χ2v) is 4.20. The quantitative estimate of drug-likeness (QED) is 0.535. The Morgan fingerprint density at radius 3 is 2.76 bits per heavy atom. The number of aromatic nitrogens is 1. The van der Waals surface area contributed by atoms with E-state index in [2.05, 4.69) is 14.5 Å². The molecule has 0 amide bonds. The summed E-state index contributed by atoms with van der Waals surface area (Å²) < 4.78 is 51.1. The van der Waals surface area contributed by atoms with Crippen LogP contribution in [-0.4, -0.2) is 31.8 Å². The highest BCUT2D eigenvalue weighted by molar-refractivity contribution is 7.71. The smallest absolute Gasteiger partial charge is 0.462 e. The molecule has 110 valence electrons. The first-order valence-corrected chi connectivity index (χ1v) is 6.02. The lowest BCUT2D eigenvalue weighted by atomic mass is 9.92. The summed E-state index contributed by atoms with van der Waals surface area (Å²) >= 11 is 4.70. The number of nitrogens with one attached hydrogen (secondary N) is 1. The second-order valence-electron chi connectivity index (χ2n) is 3.83. The van der Waals surface area contributed by atoms with E-state index in [0.717, 1.165) is 6.07 Å². The van der Waals surface area contributed by atoms with Crippen molar-refractivity contribution in [2.75, 3.05) is 6.61 Å². The maximum absolute atomic E-state index is 12.5. The molecule has 0 saturated carbocycles. The molecule has 0 spiro atoms. The van der Waals surface area contributed by atoms with Crippen LogP contribution in [0.3, 0.4) is 0 Å². The molecule has 0 aliphatic heterocycles. The number of oxazole rings is 1. The molecule has 0 atom stereocenters. The molecule has 0 unspecified atom stereocenters. The van der Waals surface area contributed by atoms with Gasteiger partial charge in [-0.1, -0.05) is 5.46 Å². The maximum atomic E-state index is 12.5. The number of carbonyl (C=O) groups excluding carboxylic acids is 1. The molecule has 1 aromatic heterocycles. The summed E-state index contributed by atoms with van der Waals surface area (Å²) in [6, 6.07) is 0.980. The van der Waals surface area contributed by atoms with Gasteiger partial charge in [0, 0.05) is 0 Å². The van der Waals surface area contributed by atoms with Crippen LogP contribution >= 0.6 is 12.2 Å². The number of hydrogen-bond donors (Lipinski definition) is 1. The number of aromatic amines is 1. The van der Waals surface area contributed by atoms with E-state index in [-0.39, 0.29) is 28.0 Å². The summed E-state index contributed by atoms with van der Waals surface area (Å²) in [5.41, 5.74) is -0.950. The first-order valence-electron chi connectivity index (χ1n) is 5.61. The van der Waals surface area contributed by atoms with Crippen LogP contribution in [0.15, 0.2) is 10.5 Å². The SMILES string of the molecule is [B]c1cc(C(=O)OCC)c(OC(F)(F)F)c2[nH]c(=S)oc12. The van der Waals surface area contributed by atoms with Gasteiger partial charge in [-0.25, -0.2) is 4.79 Å². The molecule has 0 aliphatic rings. The Bertz CT molecular complexity index is 752. The van der Waals surface area contributed by atoms with Crippen LogP contribution in [0.1, 0.15) is 17.3 Å². The first kappa shape index (κ1) is 15.4. The van der Waals surface area contributed by atoms with Crippen molar-refractivity contribution in [3.8, 4) is 5.75 Å². The summed E-state index contributed by atoms with van der Waals surface area (Å²) in [6.45, 7) is 1.49. The molecule has 2 rings (SSSR count). The third-order valence-corrected chi connectivity index (χ3v) is 2.58. The average Bonchev–Trinajstić information content (AvgIpc) is 2.74. The monoisotopic (exact) mass is 317 g/mol. The van der Waals surface area contributed by atoms with E-state index in [0.29, 0.717) is 0 Å². The number of benzene rings is 1. The number of carbonyl (C=O) groups is 1. The van der Waals surface area contributed by atoms with Crippen LogP contribution in [0.5, 0.6) is 5.75 Å². The van der Waals surface area contributed by atoms with Crippen LogP contribution < -0.4 is 10.2 Å². The van der Waals surface area contributed by atoms with Crippen LogP contribution in [0.4, 0.5) is 13.2 Å². The van der Waals surface area contributed by atoms with E-state index >= 15 is 0 Å². The molecule has 0 bridgehead atoms. The number of halogens is 3. The van der Waals surface area contributed by atoms with Gasteiger partial charge in [-0.15, -0.1) is 13.2 Å². The number of hydrogen-bond acceptors (Lipinski definition) is 5. The molecule has 0 aliphatic carbocycles. The Balaban J connectivity index is 2.73. The summed E-state index contributed by atoms with van der Waals surface area (Å²) in [5.74, 6) is -1.81. The number of alkyl halides is 3. The van der Waals surface area contributed by atoms with Crippen LogP contribution in [0.2, 0.25) is 0 Å². The third-order valence-electron chi connectivity index (χ3n) is 2.40. The van der Waals surface area contributed by atoms with Crippen molar-refractivity contribution in [1.29, 1.82) is 0 Å². The highest BCUT2D eigenvalue weighted by atomic mass is 32.1. The van der Waals surface area contributed by atoms with Crippen molar-refractivity contribution in [3.63, 3.8) is 0 Å². The zero-order valence-electron chi connectivity index (χ0n) is 10.5. The Morgan fingerprint density at radius 1 is 1.52 bits per heavy atom. The third kappa shape index (κ3) is 3.21. The Morgan fingerprint density at radius 2 is 2.19 bits per heavy atom. The molecular formula is C11H7BF3NO4S. The lowest BCUT2D eigenvalue weighted by Gasteiger charge is -2.14. The van der Waals surface area contributed by atoms with Crippen molar-refractivity contribution in [2.45, 2.75) is 13.3 Å². The molecule has 2 radical (unpaired) electrons. The summed E-state index contributed by atoms with van der Waals surface area (Å²) in [4.78, 5) is 13.9. The standard InChI is InChI=1S/C11H7BF3NO4S/c1-2-18-9(17)4-3-5(12)8-6(16-10(21)19-8)7(4)20-11(13,14)15/h3H,2H2,1H3,(H,16,21). The van der Waals surface area contributed by atoms with E-state index in [4.69, 9.17) is 24.5 Å². The lowest BCUT2D eigenvalue weighted by Crippen LogP contribution is -2.21. The van der Waals surface area contributed by atoms with E-state index in [1.54, 1.807) is 0 Å². The van der Waals surface area contributed by atoms with Crippen molar-refractivity contribution in [3.05, 3.63) is 16.5 Å². The van der Waals surface area contributed by atoms with Crippen LogP contribution in [-0.2, 0) is 4.74 Å². The molecule has 5 nitrogen and oxygen atoms in total. The van der Waals surface area contributed by atoms with Crippen molar-refractivity contribution < 1.29 is 31.9 Å². The van der Waals surface area contributed by atoms with Crippen LogP contribution in [0, 0.1) is 4.84 Å². The van der Waals surface area contributed by atoms with Gasteiger partial charge >= 0.3 is 12.3 Å². The minimum atomic E-state index is -5.02. The Kier molecular flexibility index (Phi) is 3.99. The summed E-state index contributed by atoms with van der Waals surface area (Å²) in [6.07, 6.45) is -5.02. The Hall–Kier alpha value is -1.97. The van der Waals surface area contributed by atoms with Gasteiger partial charge in [0.05, 0.1) is 6.61 Å². The first-order chi connectivity index (χ1) is 9.73. The molecule has 2 aromatic rings. The molecule has 10 heteroatoms. The lowest BCUT2D eigenvalue weighted by molar-refractivity contribution is -0.274. The number of H-pyrrole nitrogens is 1. The molecule has 1 N–H and O–H groups in total. The van der Waals surface area contributed by atoms with Gasteiger partial charge in [0.15, 0.2) is 11.3 Å². The normalized spacial score (nSPS) is 11.6. The van der Waals surface area contributed by atoms with E-state index < -0.39 is 23.6 Å². The Labute approximate surface area is 122 Å². The predicted octanol–water partition coefficient (Wildman–Crippen LogP) is 2.36. The highest BCUT2D eigenvalue weighted by Gasteiger charge is 2.35. The zero-order valence-corrected chi connectivity index (χ0v) is 11.4. The number of esters is 1. The maximum Gasteiger partial charge on any atom is 0.573 e. The predicted molar refractivity (Wildman–Crippen MR) is 69.4 cm³/mol. The second kappa shape index (κ2) is 5.43. The summed E-state index contributed by atoms with van der Waals surface area (Å²) in [7, 11) is 5.63. The number of fused-ring (bicyclic) bond motifs is 1. The fourth-order valence-electron chi connectivity index (χ4n) is 1.69.